The zero-order valence-electron chi connectivity index (χ0n) is 10.9. The summed E-state index contributed by atoms with van der Waals surface area (Å²) in [6.07, 6.45) is 1.58. The van der Waals surface area contributed by atoms with Gasteiger partial charge >= 0.3 is 0 Å². The van der Waals surface area contributed by atoms with Crippen molar-refractivity contribution in [2.45, 2.75) is 32.8 Å². The first-order chi connectivity index (χ1) is 8.15. The van der Waals surface area contributed by atoms with Gasteiger partial charge in [-0.2, -0.15) is 0 Å². The number of aliphatic hydroxyl groups is 1. The van der Waals surface area contributed by atoms with E-state index in [1.807, 2.05) is 25.1 Å². The predicted octanol–water partition coefficient (Wildman–Crippen LogP) is 2.85. The molecule has 96 valence electrons. The van der Waals surface area contributed by atoms with Gasteiger partial charge in [0.25, 0.3) is 0 Å². The topological polar surface area (TPSA) is 38.7 Å². The maximum atomic E-state index is 9.46. The third-order valence-corrected chi connectivity index (χ3v) is 2.68. The molecule has 0 aromatic heterocycles. The van der Waals surface area contributed by atoms with Gasteiger partial charge in [-0.3, -0.25) is 0 Å². The second-order valence-corrected chi connectivity index (χ2v) is 4.25. The van der Waals surface area contributed by atoms with Gasteiger partial charge in [0.15, 0.2) is 0 Å². The van der Waals surface area contributed by atoms with Crippen LogP contribution in [0, 0.1) is 6.92 Å². The molecule has 1 aromatic rings. The molecule has 0 aliphatic heterocycles. The van der Waals surface area contributed by atoms with Crippen molar-refractivity contribution >= 4 is 0 Å². The quantitative estimate of drug-likeness (QED) is 0.742. The van der Waals surface area contributed by atoms with Gasteiger partial charge in [0, 0.05) is 13.7 Å². The molecule has 0 radical (unpaired) electrons. The van der Waals surface area contributed by atoms with Gasteiger partial charge in [-0.15, -0.1) is 0 Å². The van der Waals surface area contributed by atoms with Crippen LogP contribution >= 0.6 is 0 Å². The molecule has 0 amide bonds. The van der Waals surface area contributed by atoms with Crippen molar-refractivity contribution in [1.29, 1.82) is 0 Å². The Labute approximate surface area is 103 Å². The van der Waals surface area contributed by atoms with Crippen LogP contribution in [-0.4, -0.2) is 25.4 Å². The summed E-state index contributed by atoms with van der Waals surface area (Å²) in [6.45, 7) is 5.25. The van der Waals surface area contributed by atoms with Crippen LogP contribution in [0.25, 0.3) is 0 Å². The fourth-order valence-corrected chi connectivity index (χ4v) is 1.62. The number of aryl methyl sites for hydroxylation is 1. The van der Waals surface area contributed by atoms with Gasteiger partial charge in [0.2, 0.25) is 0 Å². The lowest BCUT2D eigenvalue weighted by atomic mass is 10.1. The Balaban J connectivity index is 2.43. The molecule has 1 N–H and O–H groups in total. The van der Waals surface area contributed by atoms with Gasteiger partial charge in [0.1, 0.15) is 5.75 Å². The van der Waals surface area contributed by atoms with Crippen LogP contribution in [0.3, 0.4) is 0 Å². The van der Waals surface area contributed by atoms with E-state index in [0.717, 1.165) is 36.3 Å². The predicted molar refractivity (Wildman–Crippen MR) is 68.4 cm³/mol. The average Bonchev–Trinajstić information content (AvgIpc) is 2.30. The van der Waals surface area contributed by atoms with E-state index in [4.69, 9.17) is 9.47 Å². The molecule has 17 heavy (non-hydrogen) atoms. The van der Waals surface area contributed by atoms with Crippen LogP contribution in [0.5, 0.6) is 5.75 Å². The maximum absolute atomic E-state index is 9.46. The molecule has 0 heterocycles. The summed E-state index contributed by atoms with van der Waals surface area (Å²) >= 11 is 0. The number of rotatable bonds is 7. The fraction of sp³-hybridized carbons (Fsp3) is 0.571. The van der Waals surface area contributed by atoms with Crippen molar-refractivity contribution in [3.63, 3.8) is 0 Å². The Morgan fingerprint density at radius 1 is 1.24 bits per heavy atom. The first-order valence-electron chi connectivity index (χ1n) is 6.05. The van der Waals surface area contributed by atoms with Crippen LogP contribution in [0.4, 0.5) is 0 Å². The monoisotopic (exact) mass is 238 g/mol. The summed E-state index contributed by atoms with van der Waals surface area (Å²) in [5, 5.41) is 9.46. The number of ether oxygens (including phenoxy) is 2. The van der Waals surface area contributed by atoms with Crippen LogP contribution in [-0.2, 0) is 4.74 Å². The molecule has 1 atom stereocenters. The smallest absolute Gasteiger partial charge is 0.122 e. The molecule has 3 nitrogen and oxygen atoms in total. The van der Waals surface area contributed by atoms with Crippen molar-refractivity contribution in [2.75, 3.05) is 20.3 Å². The molecule has 1 unspecified atom stereocenters. The van der Waals surface area contributed by atoms with E-state index in [1.54, 1.807) is 14.0 Å². The number of hydrogen-bond acceptors (Lipinski definition) is 3. The molecule has 0 bridgehead atoms. The van der Waals surface area contributed by atoms with Gasteiger partial charge in [-0.25, -0.2) is 0 Å². The van der Waals surface area contributed by atoms with Crippen LogP contribution in [0.1, 0.15) is 37.0 Å². The Kier molecular flexibility index (Phi) is 6.01. The first-order valence-corrected chi connectivity index (χ1v) is 6.05. The second kappa shape index (κ2) is 7.30. The Bertz CT molecular complexity index is 334. The van der Waals surface area contributed by atoms with Crippen LogP contribution < -0.4 is 4.74 Å². The SMILES string of the molecule is COCCCCOc1ccc(C(C)O)cc1C. The van der Waals surface area contributed by atoms with Crippen LogP contribution in [0.2, 0.25) is 0 Å². The molecule has 0 saturated heterocycles. The lowest BCUT2D eigenvalue weighted by molar-refractivity contribution is 0.184. The highest BCUT2D eigenvalue weighted by Gasteiger charge is 2.04. The Morgan fingerprint density at radius 2 is 1.94 bits per heavy atom. The summed E-state index contributed by atoms with van der Waals surface area (Å²) in [5.41, 5.74) is 1.99. The molecule has 1 aromatic carbocycles. The van der Waals surface area contributed by atoms with E-state index in [0.29, 0.717) is 6.61 Å². The van der Waals surface area contributed by atoms with Crippen molar-refractivity contribution in [1.82, 2.24) is 0 Å². The van der Waals surface area contributed by atoms with Crippen molar-refractivity contribution < 1.29 is 14.6 Å². The number of unbranched alkanes of at least 4 members (excludes halogenated alkanes) is 1. The van der Waals surface area contributed by atoms with Gasteiger partial charge in [0.05, 0.1) is 12.7 Å². The first kappa shape index (κ1) is 14.0. The van der Waals surface area contributed by atoms with Crippen molar-refractivity contribution in [3.05, 3.63) is 29.3 Å². The summed E-state index contributed by atoms with van der Waals surface area (Å²) < 4.78 is 10.7. The molecule has 3 heteroatoms. The largest absolute Gasteiger partial charge is 0.493 e. The highest BCUT2D eigenvalue weighted by Crippen LogP contribution is 2.22. The Hall–Kier alpha value is -1.06. The molecule has 0 spiro atoms. The molecular formula is C14H22O3. The lowest BCUT2D eigenvalue weighted by Crippen LogP contribution is -2.01. The van der Waals surface area contributed by atoms with Gasteiger partial charge in [-0.1, -0.05) is 6.07 Å². The average molecular weight is 238 g/mol. The summed E-state index contributed by atoms with van der Waals surface area (Å²) in [5.74, 6) is 0.895. The van der Waals surface area contributed by atoms with E-state index < -0.39 is 6.10 Å². The zero-order chi connectivity index (χ0) is 12.7. The third kappa shape index (κ3) is 4.75. The third-order valence-electron chi connectivity index (χ3n) is 2.68. The normalized spacial score (nSPS) is 12.5. The minimum atomic E-state index is -0.426. The summed E-state index contributed by atoms with van der Waals surface area (Å²) in [6, 6.07) is 5.80. The number of aliphatic hydroxyl groups excluding tert-OH is 1. The van der Waals surface area contributed by atoms with E-state index in [1.165, 1.54) is 0 Å². The standard InChI is InChI=1S/C14H22O3/c1-11-10-13(12(2)15)6-7-14(11)17-9-5-4-8-16-3/h6-7,10,12,15H,4-5,8-9H2,1-3H3. The Morgan fingerprint density at radius 3 is 2.53 bits per heavy atom. The fourth-order valence-electron chi connectivity index (χ4n) is 1.62. The molecule has 1 rings (SSSR count). The molecule has 0 aliphatic carbocycles. The summed E-state index contributed by atoms with van der Waals surface area (Å²) in [4.78, 5) is 0. The van der Waals surface area contributed by atoms with Crippen LogP contribution in [0.15, 0.2) is 18.2 Å². The number of hydrogen-bond donors (Lipinski definition) is 1. The zero-order valence-corrected chi connectivity index (χ0v) is 10.9. The van der Waals surface area contributed by atoms with E-state index in [-0.39, 0.29) is 0 Å². The van der Waals surface area contributed by atoms with Crippen molar-refractivity contribution in [3.8, 4) is 5.75 Å². The van der Waals surface area contributed by atoms with E-state index >= 15 is 0 Å². The second-order valence-electron chi connectivity index (χ2n) is 4.25. The highest BCUT2D eigenvalue weighted by atomic mass is 16.5. The minimum Gasteiger partial charge on any atom is -0.493 e. The van der Waals surface area contributed by atoms with Crippen molar-refractivity contribution in [2.24, 2.45) is 0 Å². The number of benzene rings is 1. The molecule has 0 aliphatic rings. The lowest BCUT2D eigenvalue weighted by Gasteiger charge is -2.11. The number of methoxy groups -OCH3 is 1. The molecule has 0 fully saturated rings. The van der Waals surface area contributed by atoms with Gasteiger partial charge < -0.3 is 14.6 Å². The molecular weight excluding hydrogens is 216 g/mol. The van der Waals surface area contributed by atoms with E-state index in [9.17, 15) is 5.11 Å². The van der Waals surface area contributed by atoms with Gasteiger partial charge in [-0.05, 0) is 49.9 Å². The summed E-state index contributed by atoms with van der Waals surface area (Å²) in [7, 11) is 1.71. The maximum Gasteiger partial charge on any atom is 0.122 e. The minimum absolute atomic E-state index is 0.426. The molecule has 0 saturated carbocycles. The van der Waals surface area contributed by atoms with E-state index in [2.05, 4.69) is 0 Å². The highest BCUT2D eigenvalue weighted by molar-refractivity contribution is 5.36.